The highest BCUT2D eigenvalue weighted by Gasteiger charge is 2.46. The summed E-state index contributed by atoms with van der Waals surface area (Å²) in [7, 11) is 5.61. The van der Waals surface area contributed by atoms with Crippen LogP contribution in [0.25, 0.3) is 0 Å². The number of phenolic OH excluding ortho intramolecular Hbond substituents is 2. The molecule has 0 spiro atoms. The van der Waals surface area contributed by atoms with E-state index in [0.717, 1.165) is 5.56 Å². The van der Waals surface area contributed by atoms with Crippen LogP contribution in [-0.2, 0) is 15.9 Å². The maximum atomic E-state index is 10.9. The van der Waals surface area contributed by atoms with Gasteiger partial charge in [-0.25, -0.2) is 0 Å². The molecule has 1 heterocycles. The number of ether oxygens (including phenoxy) is 6. The Kier molecular flexibility index (Phi) is 9.70. The number of aliphatic hydroxyl groups is 5. The van der Waals surface area contributed by atoms with E-state index in [1.165, 1.54) is 28.4 Å². The SMILES string of the molecule is COc1cc([C@H]2c3c(cc(OC)c(O)c3OC)C[C@H](CO[C@@H]3O[C@H](CO)[C@@H](O)[C@H](O)[C@H]3O)[C@H]2CO)cc(OC)c1O. The van der Waals surface area contributed by atoms with Gasteiger partial charge in [0, 0.05) is 18.1 Å². The lowest BCUT2D eigenvalue weighted by molar-refractivity contribution is -0.304. The maximum Gasteiger partial charge on any atom is 0.201 e. The van der Waals surface area contributed by atoms with Gasteiger partial charge < -0.3 is 64.2 Å². The molecule has 2 aromatic rings. The van der Waals surface area contributed by atoms with Crippen LogP contribution in [0.4, 0.5) is 0 Å². The van der Waals surface area contributed by atoms with Crippen LogP contribution in [0.1, 0.15) is 22.6 Å². The molecule has 1 aliphatic carbocycles. The smallest absolute Gasteiger partial charge is 0.201 e. The predicted molar refractivity (Wildman–Crippen MR) is 142 cm³/mol. The molecule has 2 aromatic carbocycles. The minimum Gasteiger partial charge on any atom is -0.502 e. The fourth-order valence-electron chi connectivity index (χ4n) is 5.85. The quantitative estimate of drug-likeness (QED) is 0.196. The molecule has 0 aromatic heterocycles. The van der Waals surface area contributed by atoms with Gasteiger partial charge in [-0.1, -0.05) is 0 Å². The van der Waals surface area contributed by atoms with E-state index in [2.05, 4.69) is 0 Å². The molecule has 7 N–H and O–H groups in total. The van der Waals surface area contributed by atoms with Gasteiger partial charge in [0.2, 0.25) is 11.5 Å². The molecule has 41 heavy (non-hydrogen) atoms. The average Bonchev–Trinajstić information content (AvgIpc) is 2.98. The largest absolute Gasteiger partial charge is 0.502 e. The van der Waals surface area contributed by atoms with E-state index in [-0.39, 0.29) is 47.7 Å². The van der Waals surface area contributed by atoms with Crippen molar-refractivity contribution in [3.8, 4) is 34.5 Å². The van der Waals surface area contributed by atoms with Crippen LogP contribution >= 0.6 is 0 Å². The number of phenols is 2. The zero-order valence-corrected chi connectivity index (χ0v) is 23.3. The molecule has 0 bridgehead atoms. The van der Waals surface area contributed by atoms with Crippen LogP contribution in [0, 0.1) is 11.8 Å². The number of fused-ring (bicyclic) bond motifs is 1. The highest BCUT2D eigenvalue weighted by atomic mass is 16.7. The average molecular weight is 583 g/mol. The summed E-state index contributed by atoms with van der Waals surface area (Å²) >= 11 is 0. The van der Waals surface area contributed by atoms with E-state index in [1.807, 2.05) is 0 Å². The summed E-state index contributed by atoms with van der Waals surface area (Å²) < 4.78 is 33.2. The molecule has 1 fully saturated rings. The molecular weight excluding hydrogens is 544 g/mol. The Hall–Kier alpha value is -3.04. The lowest BCUT2D eigenvalue weighted by atomic mass is 9.66. The van der Waals surface area contributed by atoms with Crippen molar-refractivity contribution in [2.24, 2.45) is 11.8 Å². The summed E-state index contributed by atoms with van der Waals surface area (Å²) in [6.07, 6.45) is -6.89. The molecule has 1 saturated heterocycles. The van der Waals surface area contributed by atoms with Crippen molar-refractivity contribution in [2.75, 3.05) is 48.3 Å². The number of aliphatic hydroxyl groups excluding tert-OH is 5. The third kappa shape index (κ3) is 5.58. The van der Waals surface area contributed by atoms with Gasteiger partial charge >= 0.3 is 0 Å². The summed E-state index contributed by atoms with van der Waals surface area (Å²) in [5, 5.41) is 72.5. The van der Waals surface area contributed by atoms with E-state index in [0.29, 0.717) is 17.5 Å². The fourth-order valence-corrected chi connectivity index (χ4v) is 5.85. The molecule has 0 unspecified atom stereocenters. The van der Waals surface area contributed by atoms with Gasteiger partial charge in [-0.2, -0.15) is 0 Å². The monoisotopic (exact) mass is 582 g/mol. The van der Waals surface area contributed by atoms with Crippen LogP contribution in [0.2, 0.25) is 0 Å². The van der Waals surface area contributed by atoms with Gasteiger partial charge in [-0.15, -0.1) is 0 Å². The number of benzene rings is 2. The zero-order valence-electron chi connectivity index (χ0n) is 23.3. The third-order valence-electron chi connectivity index (χ3n) is 7.99. The number of rotatable bonds is 10. The van der Waals surface area contributed by atoms with Gasteiger partial charge in [0.05, 0.1) is 41.7 Å². The summed E-state index contributed by atoms with van der Waals surface area (Å²) in [5.41, 5.74) is 1.89. The van der Waals surface area contributed by atoms with Crippen molar-refractivity contribution < 1.29 is 64.2 Å². The van der Waals surface area contributed by atoms with Crippen LogP contribution in [0.3, 0.4) is 0 Å². The lowest BCUT2D eigenvalue weighted by Gasteiger charge is -2.42. The number of hydrogen-bond acceptors (Lipinski definition) is 13. The molecule has 13 nitrogen and oxygen atoms in total. The van der Waals surface area contributed by atoms with Crippen molar-refractivity contribution in [2.45, 2.75) is 43.0 Å². The molecule has 4 rings (SSSR count). The van der Waals surface area contributed by atoms with Gasteiger partial charge in [0.15, 0.2) is 29.3 Å². The van der Waals surface area contributed by atoms with Crippen molar-refractivity contribution in [3.05, 3.63) is 34.9 Å². The second-order valence-corrected chi connectivity index (χ2v) is 10.1. The minimum absolute atomic E-state index is 0.0677. The molecule has 0 saturated carbocycles. The third-order valence-corrected chi connectivity index (χ3v) is 7.99. The van der Waals surface area contributed by atoms with Gasteiger partial charge in [-0.05, 0) is 47.6 Å². The molecule has 1 aliphatic heterocycles. The molecule has 0 amide bonds. The van der Waals surface area contributed by atoms with E-state index in [4.69, 9.17) is 28.4 Å². The normalized spacial score (nSPS) is 29.5. The van der Waals surface area contributed by atoms with Crippen molar-refractivity contribution in [3.63, 3.8) is 0 Å². The minimum atomic E-state index is -1.60. The van der Waals surface area contributed by atoms with E-state index < -0.39 is 55.1 Å². The summed E-state index contributed by atoms with van der Waals surface area (Å²) in [5.74, 6) is -1.45. The topological polar surface area (TPSA) is 197 Å². The zero-order chi connectivity index (χ0) is 30.0. The Balaban J connectivity index is 1.80. The van der Waals surface area contributed by atoms with Crippen LogP contribution < -0.4 is 18.9 Å². The molecule has 0 radical (unpaired) electrons. The van der Waals surface area contributed by atoms with Crippen LogP contribution in [0.5, 0.6) is 34.5 Å². The maximum absolute atomic E-state index is 10.9. The Labute approximate surface area is 237 Å². The van der Waals surface area contributed by atoms with Gasteiger partial charge in [-0.3, -0.25) is 0 Å². The molecule has 2 aliphatic rings. The van der Waals surface area contributed by atoms with Crippen LogP contribution in [0.15, 0.2) is 18.2 Å². The fraction of sp³-hybridized carbons (Fsp3) is 0.571. The second kappa shape index (κ2) is 12.9. The Morgan fingerprint density at radius 2 is 1.39 bits per heavy atom. The predicted octanol–water partition coefficient (Wildman–Crippen LogP) is -0.139. The highest BCUT2D eigenvalue weighted by Crippen LogP contribution is 2.54. The first-order valence-electron chi connectivity index (χ1n) is 13.1. The second-order valence-electron chi connectivity index (χ2n) is 10.1. The molecule has 13 heteroatoms. The Bertz CT molecular complexity index is 1180. The van der Waals surface area contributed by atoms with Crippen molar-refractivity contribution in [1.29, 1.82) is 0 Å². The standard InChI is InChI=1S/C28H38O13/c1-36-16-7-13(8-17(37-2)22(16)31)20-15(9-29)14(5-12-6-18(38-3)24(33)27(39-4)21(12)20)11-40-28-26(35)25(34)23(32)19(10-30)41-28/h6-8,14-15,19-20,23,25-26,28-35H,5,9-11H2,1-4H3/t14-,15-,19-,20-,23-,25+,26-,28-/m1/s1. The van der Waals surface area contributed by atoms with Crippen LogP contribution in [-0.4, -0.2) is 115 Å². The number of aromatic hydroxyl groups is 2. The van der Waals surface area contributed by atoms with Gasteiger partial charge in [0.1, 0.15) is 24.4 Å². The summed E-state index contributed by atoms with van der Waals surface area (Å²) in [6.45, 7) is -1.01. The first kappa shape index (κ1) is 30.9. The summed E-state index contributed by atoms with van der Waals surface area (Å²) in [6, 6.07) is 4.89. The van der Waals surface area contributed by atoms with Crippen molar-refractivity contribution in [1.82, 2.24) is 0 Å². The van der Waals surface area contributed by atoms with Crippen molar-refractivity contribution >= 4 is 0 Å². The lowest BCUT2D eigenvalue weighted by Crippen LogP contribution is -2.59. The van der Waals surface area contributed by atoms with E-state index in [9.17, 15) is 35.7 Å². The first-order chi connectivity index (χ1) is 19.6. The first-order valence-corrected chi connectivity index (χ1v) is 13.1. The Morgan fingerprint density at radius 1 is 0.780 bits per heavy atom. The number of methoxy groups -OCH3 is 4. The number of hydrogen-bond donors (Lipinski definition) is 7. The summed E-state index contributed by atoms with van der Waals surface area (Å²) in [4.78, 5) is 0. The molecule has 228 valence electrons. The molecular formula is C28H38O13. The van der Waals surface area contributed by atoms with Gasteiger partial charge in [0.25, 0.3) is 0 Å². The molecule has 8 atom stereocenters. The Morgan fingerprint density at radius 3 is 1.93 bits per heavy atom. The van der Waals surface area contributed by atoms with E-state index in [1.54, 1.807) is 18.2 Å². The highest BCUT2D eigenvalue weighted by molar-refractivity contribution is 5.64. The van der Waals surface area contributed by atoms with E-state index >= 15 is 0 Å².